The van der Waals surface area contributed by atoms with Crippen LogP contribution in [-0.2, 0) is 0 Å². The molecule has 2 unspecified atom stereocenters. The largest absolute Gasteiger partial charge is 0.338 e. The van der Waals surface area contributed by atoms with Crippen LogP contribution < -0.4 is 5.32 Å². The number of hydrogen-bond donors (Lipinski definition) is 1. The molecule has 2 aromatic rings. The van der Waals surface area contributed by atoms with E-state index in [0.717, 1.165) is 42.5 Å². The maximum atomic E-state index is 12.7. The molecule has 0 bridgehead atoms. The minimum atomic E-state index is 0.158. The van der Waals surface area contributed by atoms with Crippen LogP contribution in [0.1, 0.15) is 23.2 Å². The first-order valence-corrected chi connectivity index (χ1v) is 7.69. The third kappa shape index (κ3) is 2.29. The maximum Gasteiger partial charge on any atom is 0.253 e. The second-order valence-corrected chi connectivity index (χ2v) is 6.06. The van der Waals surface area contributed by atoms with Gasteiger partial charge in [0, 0.05) is 36.3 Å². The standard InChI is InChI=1S/C17H19N3O/c21-17(20-9-6-16-14(11-20)5-8-19-16)13-3-4-15-12(10-13)2-1-7-18-15/h1-4,7,10,14,16,19H,5-6,8-9,11H2. The van der Waals surface area contributed by atoms with E-state index in [-0.39, 0.29) is 5.91 Å². The summed E-state index contributed by atoms with van der Waals surface area (Å²) in [5, 5.41) is 4.56. The molecule has 0 radical (unpaired) electrons. The van der Waals surface area contributed by atoms with Gasteiger partial charge in [0.2, 0.25) is 0 Å². The summed E-state index contributed by atoms with van der Waals surface area (Å²) >= 11 is 0. The van der Waals surface area contributed by atoms with Crippen LogP contribution in [0.25, 0.3) is 10.9 Å². The van der Waals surface area contributed by atoms with Crippen LogP contribution in [-0.4, -0.2) is 41.5 Å². The van der Waals surface area contributed by atoms with E-state index in [2.05, 4.69) is 10.3 Å². The van der Waals surface area contributed by atoms with Crippen molar-refractivity contribution in [2.24, 2.45) is 5.92 Å². The SMILES string of the molecule is O=C(c1ccc2ncccc2c1)N1CCC2NCCC2C1. The number of likely N-dealkylation sites (tertiary alicyclic amines) is 1. The maximum absolute atomic E-state index is 12.7. The molecule has 1 aromatic carbocycles. The Kier molecular flexibility index (Phi) is 3.11. The van der Waals surface area contributed by atoms with Gasteiger partial charge in [-0.1, -0.05) is 6.07 Å². The average Bonchev–Trinajstić information content (AvgIpc) is 3.01. The van der Waals surface area contributed by atoms with Crippen molar-refractivity contribution >= 4 is 16.8 Å². The minimum Gasteiger partial charge on any atom is -0.338 e. The van der Waals surface area contributed by atoms with Crippen molar-refractivity contribution in [2.75, 3.05) is 19.6 Å². The number of nitrogens with one attached hydrogen (secondary N) is 1. The van der Waals surface area contributed by atoms with Gasteiger partial charge in [-0.25, -0.2) is 0 Å². The molecule has 1 amide bonds. The van der Waals surface area contributed by atoms with E-state index >= 15 is 0 Å². The number of rotatable bonds is 1. The van der Waals surface area contributed by atoms with Crippen LogP contribution >= 0.6 is 0 Å². The van der Waals surface area contributed by atoms with Gasteiger partial charge < -0.3 is 10.2 Å². The highest BCUT2D eigenvalue weighted by atomic mass is 16.2. The zero-order valence-electron chi connectivity index (χ0n) is 12.0. The highest BCUT2D eigenvalue weighted by Gasteiger charge is 2.34. The van der Waals surface area contributed by atoms with Crippen LogP contribution in [0.3, 0.4) is 0 Å². The number of nitrogens with zero attached hydrogens (tertiary/aromatic N) is 2. The van der Waals surface area contributed by atoms with Crippen LogP contribution in [0.15, 0.2) is 36.5 Å². The van der Waals surface area contributed by atoms with Crippen LogP contribution in [0.5, 0.6) is 0 Å². The number of amides is 1. The van der Waals surface area contributed by atoms with E-state index in [1.165, 1.54) is 6.42 Å². The van der Waals surface area contributed by atoms with Gasteiger partial charge in [0.1, 0.15) is 0 Å². The molecular formula is C17H19N3O. The molecular weight excluding hydrogens is 262 g/mol. The Hall–Kier alpha value is -1.94. The summed E-state index contributed by atoms with van der Waals surface area (Å²) < 4.78 is 0. The molecule has 4 rings (SSSR count). The van der Waals surface area contributed by atoms with Crippen LogP contribution in [0.4, 0.5) is 0 Å². The zero-order chi connectivity index (χ0) is 14.2. The van der Waals surface area contributed by atoms with Gasteiger partial charge >= 0.3 is 0 Å². The second kappa shape index (κ2) is 5.11. The number of benzene rings is 1. The van der Waals surface area contributed by atoms with Crippen LogP contribution in [0, 0.1) is 5.92 Å². The molecule has 2 atom stereocenters. The molecule has 1 aromatic heterocycles. The number of carbonyl (C=O) groups excluding carboxylic acids is 1. The molecule has 21 heavy (non-hydrogen) atoms. The number of fused-ring (bicyclic) bond motifs is 2. The molecule has 0 spiro atoms. The third-order valence-corrected chi connectivity index (χ3v) is 4.79. The van der Waals surface area contributed by atoms with Crippen molar-refractivity contribution < 1.29 is 4.79 Å². The highest BCUT2D eigenvalue weighted by Crippen LogP contribution is 2.26. The topological polar surface area (TPSA) is 45.2 Å². The molecule has 2 aliphatic heterocycles. The van der Waals surface area contributed by atoms with E-state index in [9.17, 15) is 4.79 Å². The number of aromatic nitrogens is 1. The van der Waals surface area contributed by atoms with Gasteiger partial charge in [-0.2, -0.15) is 0 Å². The molecule has 0 aliphatic carbocycles. The lowest BCUT2D eigenvalue weighted by Gasteiger charge is -2.35. The molecule has 3 heterocycles. The van der Waals surface area contributed by atoms with Crippen molar-refractivity contribution in [1.29, 1.82) is 0 Å². The van der Waals surface area contributed by atoms with E-state index in [4.69, 9.17) is 0 Å². The monoisotopic (exact) mass is 281 g/mol. The van der Waals surface area contributed by atoms with Crippen molar-refractivity contribution in [1.82, 2.24) is 15.2 Å². The molecule has 4 heteroatoms. The summed E-state index contributed by atoms with van der Waals surface area (Å²) in [6, 6.07) is 10.3. The lowest BCUT2D eigenvalue weighted by molar-refractivity contribution is 0.0662. The molecule has 2 aliphatic rings. The summed E-state index contributed by atoms with van der Waals surface area (Å²) in [6.45, 7) is 2.85. The first-order valence-electron chi connectivity index (χ1n) is 7.69. The Labute approximate surface area is 124 Å². The van der Waals surface area contributed by atoms with Crippen molar-refractivity contribution in [3.63, 3.8) is 0 Å². The third-order valence-electron chi connectivity index (χ3n) is 4.79. The fourth-order valence-corrected chi connectivity index (χ4v) is 3.62. The summed E-state index contributed by atoms with van der Waals surface area (Å²) in [4.78, 5) is 19.0. The second-order valence-electron chi connectivity index (χ2n) is 6.06. The molecule has 2 saturated heterocycles. The average molecular weight is 281 g/mol. The van der Waals surface area contributed by atoms with Crippen molar-refractivity contribution in [2.45, 2.75) is 18.9 Å². The predicted octanol–water partition coefficient (Wildman–Crippen LogP) is 2.06. The fourth-order valence-electron chi connectivity index (χ4n) is 3.62. The highest BCUT2D eigenvalue weighted by molar-refractivity contribution is 5.98. The lowest BCUT2D eigenvalue weighted by Crippen LogP contribution is -2.46. The van der Waals surface area contributed by atoms with Gasteiger partial charge in [0.15, 0.2) is 0 Å². The number of hydrogen-bond acceptors (Lipinski definition) is 3. The first-order chi connectivity index (χ1) is 10.3. The lowest BCUT2D eigenvalue weighted by atomic mass is 9.93. The Balaban J connectivity index is 1.58. The smallest absolute Gasteiger partial charge is 0.253 e. The summed E-state index contributed by atoms with van der Waals surface area (Å²) in [7, 11) is 0. The Morgan fingerprint density at radius 3 is 3.19 bits per heavy atom. The normalized spacial score (nSPS) is 25.0. The Morgan fingerprint density at radius 1 is 1.29 bits per heavy atom. The number of carbonyl (C=O) groups is 1. The van der Waals surface area contributed by atoms with E-state index in [1.807, 2.05) is 35.2 Å². The Bertz CT molecular complexity index is 685. The fraction of sp³-hybridized carbons (Fsp3) is 0.412. The summed E-state index contributed by atoms with van der Waals surface area (Å²) in [6.07, 6.45) is 4.04. The van der Waals surface area contributed by atoms with Gasteiger partial charge in [0.25, 0.3) is 5.91 Å². The van der Waals surface area contributed by atoms with E-state index in [1.54, 1.807) is 6.20 Å². The van der Waals surface area contributed by atoms with Gasteiger partial charge in [-0.15, -0.1) is 0 Å². The molecule has 1 N–H and O–H groups in total. The van der Waals surface area contributed by atoms with Crippen molar-refractivity contribution in [3.8, 4) is 0 Å². The summed E-state index contributed by atoms with van der Waals surface area (Å²) in [5.41, 5.74) is 1.72. The van der Waals surface area contributed by atoms with E-state index < -0.39 is 0 Å². The van der Waals surface area contributed by atoms with E-state index in [0.29, 0.717) is 12.0 Å². The Morgan fingerprint density at radius 2 is 2.24 bits per heavy atom. The number of pyridine rings is 1. The van der Waals surface area contributed by atoms with Crippen LogP contribution in [0.2, 0.25) is 0 Å². The predicted molar refractivity (Wildman–Crippen MR) is 82.2 cm³/mol. The first kappa shape index (κ1) is 12.8. The number of piperidine rings is 1. The van der Waals surface area contributed by atoms with Gasteiger partial charge in [0.05, 0.1) is 5.52 Å². The molecule has 108 valence electrons. The van der Waals surface area contributed by atoms with Gasteiger partial charge in [-0.3, -0.25) is 9.78 Å². The quantitative estimate of drug-likeness (QED) is 0.870. The minimum absolute atomic E-state index is 0.158. The van der Waals surface area contributed by atoms with Crippen molar-refractivity contribution in [3.05, 3.63) is 42.1 Å². The van der Waals surface area contributed by atoms with Gasteiger partial charge in [-0.05, 0) is 49.6 Å². The zero-order valence-corrected chi connectivity index (χ0v) is 12.0. The molecule has 2 fully saturated rings. The molecule has 4 nitrogen and oxygen atoms in total. The summed E-state index contributed by atoms with van der Waals surface area (Å²) in [5.74, 6) is 0.788. The molecule has 0 saturated carbocycles.